The highest BCUT2D eigenvalue weighted by atomic mass is 16.6. The second kappa shape index (κ2) is 6.93. The van der Waals surface area contributed by atoms with E-state index < -0.39 is 0 Å². The van der Waals surface area contributed by atoms with Crippen molar-refractivity contribution in [3.63, 3.8) is 0 Å². The first kappa shape index (κ1) is 15.1. The molecule has 0 aromatic heterocycles. The topological polar surface area (TPSA) is 35.5 Å². The lowest BCUT2D eigenvalue weighted by atomic mass is 10.0. The van der Waals surface area contributed by atoms with E-state index in [1.165, 1.54) is 5.56 Å². The normalized spacial score (nSPS) is 10.5. The average molecular weight is 284 g/mol. The van der Waals surface area contributed by atoms with Crippen molar-refractivity contribution in [3.05, 3.63) is 54.1 Å². The van der Waals surface area contributed by atoms with Crippen LogP contribution in [-0.2, 0) is 9.53 Å². The van der Waals surface area contributed by atoms with Crippen LogP contribution in [0.3, 0.4) is 0 Å². The van der Waals surface area contributed by atoms with Gasteiger partial charge in [0.05, 0.1) is 6.10 Å². The quantitative estimate of drug-likeness (QED) is 0.779. The molecule has 0 atom stereocenters. The second-order valence-electron chi connectivity index (χ2n) is 5.22. The van der Waals surface area contributed by atoms with E-state index in [1.54, 1.807) is 0 Å². The molecule has 0 saturated heterocycles. The summed E-state index contributed by atoms with van der Waals surface area (Å²) in [7, 11) is 0. The minimum absolute atomic E-state index is 0.0674. The largest absolute Gasteiger partial charge is 0.482 e. The van der Waals surface area contributed by atoms with E-state index in [0.29, 0.717) is 5.75 Å². The van der Waals surface area contributed by atoms with Gasteiger partial charge < -0.3 is 9.47 Å². The third-order valence-electron chi connectivity index (χ3n) is 2.96. The van der Waals surface area contributed by atoms with Gasteiger partial charge in [-0.1, -0.05) is 42.0 Å². The number of esters is 1. The zero-order chi connectivity index (χ0) is 15.2. The zero-order valence-corrected chi connectivity index (χ0v) is 12.6. The average Bonchev–Trinajstić information content (AvgIpc) is 2.46. The molecule has 0 spiro atoms. The number of hydrogen-bond donors (Lipinski definition) is 0. The van der Waals surface area contributed by atoms with Crippen molar-refractivity contribution < 1.29 is 14.3 Å². The van der Waals surface area contributed by atoms with Gasteiger partial charge in [-0.2, -0.15) is 0 Å². The van der Waals surface area contributed by atoms with Gasteiger partial charge in [0.1, 0.15) is 5.75 Å². The number of benzene rings is 2. The Bertz CT molecular complexity index is 583. The summed E-state index contributed by atoms with van der Waals surface area (Å²) in [6, 6.07) is 16.0. The number of ether oxygens (including phenoxy) is 2. The standard InChI is InChI=1S/C18H20O3/c1-13(2)21-18(19)12-20-17-10-8-16(9-11-17)15-6-4-14(3)5-7-15/h4-11,13H,12H2,1-3H3. The maximum Gasteiger partial charge on any atom is 0.344 e. The lowest BCUT2D eigenvalue weighted by Gasteiger charge is -2.09. The van der Waals surface area contributed by atoms with E-state index >= 15 is 0 Å². The van der Waals surface area contributed by atoms with Crippen molar-refractivity contribution in [2.24, 2.45) is 0 Å². The predicted octanol–water partition coefficient (Wildman–Crippen LogP) is 3.99. The van der Waals surface area contributed by atoms with Crippen LogP contribution in [0.25, 0.3) is 11.1 Å². The van der Waals surface area contributed by atoms with Gasteiger partial charge in [-0.25, -0.2) is 4.79 Å². The van der Waals surface area contributed by atoms with Gasteiger partial charge in [0, 0.05) is 0 Å². The number of carbonyl (C=O) groups is 1. The molecule has 0 bridgehead atoms. The minimum Gasteiger partial charge on any atom is -0.482 e. The number of carbonyl (C=O) groups excluding carboxylic acids is 1. The lowest BCUT2D eigenvalue weighted by molar-refractivity contribution is -0.149. The molecule has 3 heteroatoms. The Kier molecular flexibility index (Phi) is 4.99. The fraction of sp³-hybridized carbons (Fsp3) is 0.278. The van der Waals surface area contributed by atoms with E-state index in [2.05, 4.69) is 31.2 Å². The molecule has 0 N–H and O–H groups in total. The number of hydrogen-bond acceptors (Lipinski definition) is 3. The second-order valence-corrected chi connectivity index (χ2v) is 5.22. The summed E-state index contributed by atoms with van der Waals surface area (Å²) in [5.41, 5.74) is 3.51. The van der Waals surface area contributed by atoms with E-state index in [0.717, 1.165) is 11.1 Å². The Balaban J connectivity index is 1.96. The molecule has 0 aliphatic heterocycles. The Labute approximate surface area is 125 Å². The Morgan fingerprint density at radius 2 is 1.48 bits per heavy atom. The van der Waals surface area contributed by atoms with Crippen LogP contribution >= 0.6 is 0 Å². The summed E-state index contributed by atoms with van der Waals surface area (Å²) in [4.78, 5) is 11.4. The van der Waals surface area contributed by atoms with E-state index in [-0.39, 0.29) is 18.7 Å². The molecule has 0 fully saturated rings. The Morgan fingerprint density at radius 3 is 2.00 bits per heavy atom. The monoisotopic (exact) mass is 284 g/mol. The van der Waals surface area contributed by atoms with Gasteiger partial charge in [0.25, 0.3) is 0 Å². The summed E-state index contributed by atoms with van der Waals surface area (Å²) >= 11 is 0. The lowest BCUT2D eigenvalue weighted by Crippen LogP contribution is -2.18. The fourth-order valence-electron chi connectivity index (χ4n) is 1.93. The van der Waals surface area contributed by atoms with Crippen LogP contribution in [0.1, 0.15) is 19.4 Å². The molecule has 2 aromatic carbocycles. The van der Waals surface area contributed by atoms with Crippen molar-refractivity contribution in [2.45, 2.75) is 26.9 Å². The molecule has 0 saturated carbocycles. The molecular formula is C18H20O3. The highest BCUT2D eigenvalue weighted by Crippen LogP contribution is 2.22. The van der Waals surface area contributed by atoms with Crippen LogP contribution in [0.5, 0.6) is 5.75 Å². The molecule has 0 amide bonds. The van der Waals surface area contributed by atoms with Gasteiger partial charge in [0.15, 0.2) is 6.61 Å². The molecule has 2 rings (SSSR count). The van der Waals surface area contributed by atoms with Crippen LogP contribution in [0.15, 0.2) is 48.5 Å². The zero-order valence-electron chi connectivity index (χ0n) is 12.6. The first-order valence-corrected chi connectivity index (χ1v) is 7.04. The van der Waals surface area contributed by atoms with Gasteiger partial charge in [0.2, 0.25) is 0 Å². The van der Waals surface area contributed by atoms with Gasteiger partial charge >= 0.3 is 5.97 Å². The van der Waals surface area contributed by atoms with Crippen molar-refractivity contribution in [1.29, 1.82) is 0 Å². The highest BCUT2D eigenvalue weighted by Gasteiger charge is 2.06. The Morgan fingerprint density at radius 1 is 0.952 bits per heavy atom. The van der Waals surface area contributed by atoms with Crippen molar-refractivity contribution >= 4 is 5.97 Å². The molecule has 21 heavy (non-hydrogen) atoms. The van der Waals surface area contributed by atoms with E-state index in [1.807, 2.05) is 38.1 Å². The number of aryl methyl sites for hydroxylation is 1. The van der Waals surface area contributed by atoms with Crippen LogP contribution in [-0.4, -0.2) is 18.7 Å². The molecule has 2 aromatic rings. The molecule has 0 heterocycles. The molecule has 0 aliphatic carbocycles. The molecule has 3 nitrogen and oxygen atoms in total. The minimum atomic E-state index is -0.354. The number of rotatable bonds is 5. The summed E-state index contributed by atoms with van der Waals surface area (Å²) in [5, 5.41) is 0. The van der Waals surface area contributed by atoms with Gasteiger partial charge in [-0.05, 0) is 44.0 Å². The maximum atomic E-state index is 11.4. The van der Waals surface area contributed by atoms with E-state index in [9.17, 15) is 4.79 Å². The highest BCUT2D eigenvalue weighted by molar-refractivity contribution is 5.71. The van der Waals surface area contributed by atoms with Crippen molar-refractivity contribution in [3.8, 4) is 16.9 Å². The summed E-state index contributed by atoms with van der Waals surface area (Å²) < 4.78 is 10.4. The summed E-state index contributed by atoms with van der Waals surface area (Å²) in [6.07, 6.45) is -0.120. The van der Waals surface area contributed by atoms with Crippen LogP contribution < -0.4 is 4.74 Å². The summed E-state index contributed by atoms with van der Waals surface area (Å²) in [6.45, 7) is 5.63. The van der Waals surface area contributed by atoms with Crippen molar-refractivity contribution in [2.75, 3.05) is 6.61 Å². The van der Waals surface area contributed by atoms with Crippen molar-refractivity contribution in [1.82, 2.24) is 0 Å². The summed E-state index contributed by atoms with van der Waals surface area (Å²) in [5.74, 6) is 0.305. The van der Waals surface area contributed by atoms with Crippen LogP contribution in [0, 0.1) is 6.92 Å². The molecule has 0 unspecified atom stereocenters. The first-order valence-electron chi connectivity index (χ1n) is 7.04. The third-order valence-corrected chi connectivity index (χ3v) is 2.96. The SMILES string of the molecule is Cc1ccc(-c2ccc(OCC(=O)OC(C)C)cc2)cc1. The fourth-order valence-corrected chi connectivity index (χ4v) is 1.93. The molecular weight excluding hydrogens is 264 g/mol. The third kappa shape index (κ3) is 4.63. The van der Waals surface area contributed by atoms with Crippen LogP contribution in [0.4, 0.5) is 0 Å². The Hall–Kier alpha value is -2.29. The molecule has 110 valence electrons. The predicted molar refractivity (Wildman–Crippen MR) is 83.3 cm³/mol. The first-order chi connectivity index (χ1) is 10.0. The van der Waals surface area contributed by atoms with Gasteiger partial charge in [-0.15, -0.1) is 0 Å². The van der Waals surface area contributed by atoms with Gasteiger partial charge in [-0.3, -0.25) is 0 Å². The molecule has 0 aliphatic rings. The smallest absolute Gasteiger partial charge is 0.344 e. The van der Waals surface area contributed by atoms with E-state index in [4.69, 9.17) is 9.47 Å². The molecule has 0 radical (unpaired) electrons. The van der Waals surface area contributed by atoms with Crippen LogP contribution in [0.2, 0.25) is 0 Å². The maximum absolute atomic E-state index is 11.4.